The van der Waals surface area contributed by atoms with Crippen molar-refractivity contribution in [2.45, 2.75) is 13.8 Å². The maximum absolute atomic E-state index is 12.8. The third-order valence-corrected chi connectivity index (χ3v) is 6.73. The Morgan fingerprint density at radius 3 is 2.35 bits per heavy atom. The molecule has 0 radical (unpaired) electrons. The summed E-state index contributed by atoms with van der Waals surface area (Å²) < 4.78 is 5.98. The Labute approximate surface area is 200 Å². The number of nitrogens with zero attached hydrogens (tertiary/aromatic N) is 3. The average Bonchev–Trinajstić information content (AvgIpc) is 3.42. The number of nitriles is 1. The molecule has 5 rings (SSSR count). The van der Waals surface area contributed by atoms with Crippen molar-refractivity contribution < 1.29 is 14.0 Å². The molecule has 0 saturated carbocycles. The zero-order chi connectivity index (χ0) is 23.8. The molecule has 4 aromatic rings. The quantitative estimate of drug-likeness (QED) is 0.279. The van der Waals surface area contributed by atoms with Gasteiger partial charge in [-0.3, -0.25) is 14.5 Å². The molecule has 1 aliphatic heterocycles. The number of oxazole rings is 1. The highest BCUT2D eigenvalue weighted by Gasteiger charge is 2.34. The number of benzene rings is 2. The van der Waals surface area contributed by atoms with E-state index in [0.29, 0.717) is 27.5 Å². The van der Waals surface area contributed by atoms with Gasteiger partial charge in [-0.25, -0.2) is 0 Å². The second kappa shape index (κ2) is 8.58. The summed E-state index contributed by atoms with van der Waals surface area (Å²) in [6.07, 6.45) is 1.69. The van der Waals surface area contributed by atoms with Gasteiger partial charge in [0.05, 0.1) is 0 Å². The van der Waals surface area contributed by atoms with Gasteiger partial charge in [0.25, 0.3) is 11.8 Å². The number of carbonyl (C=O) groups excluding carboxylic acids is 2. The first-order valence-corrected chi connectivity index (χ1v) is 11.6. The minimum absolute atomic E-state index is 0.00713. The number of likely N-dealkylation sites (N-methyl/N-ethyl adjacent to an activating group) is 1. The number of hydrogen-bond acceptors (Lipinski definition) is 6. The molecule has 0 bridgehead atoms. The van der Waals surface area contributed by atoms with Gasteiger partial charge < -0.3 is 4.42 Å². The molecule has 2 aromatic carbocycles. The number of imide groups is 1. The summed E-state index contributed by atoms with van der Waals surface area (Å²) in [6, 6.07) is 21.9. The predicted molar refractivity (Wildman–Crippen MR) is 131 cm³/mol. The second-order valence-corrected chi connectivity index (χ2v) is 8.87. The van der Waals surface area contributed by atoms with Crippen molar-refractivity contribution >= 4 is 39.6 Å². The number of rotatable bonds is 4. The second-order valence-electron chi connectivity index (χ2n) is 7.80. The molecular weight excluding hydrogens is 446 g/mol. The van der Waals surface area contributed by atoms with Gasteiger partial charge in [-0.05, 0) is 48.8 Å². The third-order valence-electron chi connectivity index (χ3n) is 5.78. The number of aromatic nitrogens is 1. The molecule has 0 N–H and O–H groups in total. The van der Waals surface area contributed by atoms with Gasteiger partial charge in [-0.15, -0.1) is 11.3 Å². The molecule has 6 nitrogen and oxygen atoms in total. The lowest BCUT2D eigenvalue weighted by Crippen LogP contribution is -2.42. The Morgan fingerprint density at radius 1 is 1.03 bits per heavy atom. The first-order valence-electron chi connectivity index (χ1n) is 10.8. The summed E-state index contributed by atoms with van der Waals surface area (Å²) in [7, 11) is 0. The van der Waals surface area contributed by atoms with Crippen LogP contribution >= 0.6 is 11.3 Å². The number of fused-ring (bicyclic) bond motifs is 1. The molecule has 0 saturated heterocycles. The fourth-order valence-corrected chi connectivity index (χ4v) is 4.84. The molecule has 0 atom stereocenters. The van der Waals surface area contributed by atoms with Crippen LogP contribution in [-0.2, 0) is 9.59 Å². The van der Waals surface area contributed by atoms with Crippen LogP contribution in [0.1, 0.15) is 18.7 Å². The van der Waals surface area contributed by atoms with E-state index in [1.54, 1.807) is 19.9 Å². The Hall–Kier alpha value is -4.28. The van der Waals surface area contributed by atoms with Crippen LogP contribution in [0.15, 0.2) is 81.8 Å². The highest BCUT2D eigenvalue weighted by atomic mass is 32.1. The molecule has 34 heavy (non-hydrogen) atoms. The van der Waals surface area contributed by atoms with E-state index in [9.17, 15) is 14.9 Å². The van der Waals surface area contributed by atoms with Crippen molar-refractivity contribution in [1.29, 1.82) is 5.26 Å². The van der Waals surface area contributed by atoms with Gasteiger partial charge in [-0.2, -0.15) is 10.2 Å². The minimum Gasteiger partial charge on any atom is -0.435 e. The Bertz CT molecular complexity index is 1500. The van der Waals surface area contributed by atoms with Gasteiger partial charge in [0.15, 0.2) is 10.4 Å². The van der Waals surface area contributed by atoms with Gasteiger partial charge in [0, 0.05) is 28.6 Å². The van der Waals surface area contributed by atoms with E-state index in [0.717, 1.165) is 26.5 Å². The fourth-order valence-electron chi connectivity index (χ4n) is 3.94. The lowest BCUT2D eigenvalue weighted by molar-refractivity contribution is -0.140. The van der Waals surface area contributed by atoms with Crippen LogP contribution in [0.5, 0.6) is 0 Å². The molecule has 166 valence electrons. The Kier molecular flexibility index (Phi) is 5.44. The van der Waals surface area contributed by atoms with E-state index in [1.165, 1.54) is 11.3 Å². The first kappa shape index (κ1) is 21.6. The Balaban J connectivity index is 1.46. The van der Waals surface area contributed by atoms with Crippen LogP contribution in [0, 0.1) is 11.3 Å². The smallest absolute Gasteiger partial charge is 0.271 e. The van der Waals surface area contributed by atoms with Crippen molar-refractivity contribution in [3.63, 3.8) is 0 Å². The standard InChI is InChI=1S/C27H19N3O3S/c1-3-30-26(31)21(16(2)22(15-28)27(30)32)13-20-14-23-25(34-20)29-24(33-23)19-11-9-18(10-12-19)17-7-5-4-6-8-17/h4-14H,3H2,1-2H3/b21-13-. The third kappa shape index (κ3) is 3.64. The number of carbonyl (C=O) groups is 2. The van der Waals surface area contributed by atoms with Crippen LogP contribution in [-0.4, -0.2) is 28.2 Å². The summed E-state index contributed by atoms with van der Waals surface area (Å²) >= 11 is 1.39. The molecule has 3 heterocycles. The van der Waals surface area contributed by atoms with E-state index in [4.69, 9.17) is 4.42 Å². The van der Waals surface area contributed by atoms with Crippen LogP contribution in [0.3, 0.4) is 0 Å². The summed E-state index contributed by atoms with van der Waals surface area (Å²) in [5.74, 6) is -0.422. The van der Waals surface area contributed by atoms with E-state index < -0.39 is 11.8 Å². The largest absolute Gasteiger partial charge is 0.435 e. The molecule has 7 heteroatoms. The normalized spacial score (nSPS) is 15.4. The number of thiophene rings is 1. The van der Waals surface area contributed by atoms with Gasteiger partial charge in [0.1, 0.15) is 11.6 Å². The molecular formula is C27H19N3O3S. The average molecular weight is 466 g/mol. The van der Waals surface area contributed by atoms with Crippen molar-refractivity contribution in [3.05, 3.63) is 82.3 Å². The van der Waals surface area contributed by atoms with Gasteiger partial charge in [-0.1, -0.05) is 42.5 Å². The monoisotopic (exact) mass is 465 g/mol. The van der Waals surface area contributed by atoms with Crippen LogP contribution < -0.4 is 0 Å². The summed E-state index contributed by atoms with van der Waals surface area (Å²) in [5, 5.41) is 9.40. The minimum atomic E-state index is -0.547. The molecule has 1 aliphatic rings. The number of amides is 2. The van der Waals surface area contributed by atoms with E-state index in [-0.39, 0.29) is 12.1 Å². The highest BCUT2D eigenvalue weighted by Crippen LogP contribution is 2.34. The van der Waals surface area contributed by atoms with Crippen LogP contribution in [0.25, 0.3) is 39.1 Å². The predicted octanol–water partition coefficient (Wildman–Crippen LogP) is 5.84. The maximum atomic E-state index is 12.8. The zero-order valence-electron chi connectivity index (χ0n) is 18.5. The van der Waals surface area contributed by atoms with Crippen LogP contribution in [0.4, 0.5) is 0 Å². The van der Waals surface area contributed by atoms with Gasteiger partial charge in [0.2, 0.25) is 5.89 Å². The zero-order valence-corrected chi connectivity index (χ0v) is 19.3. The number of hydrogen-bond donors (Lipinski definition) is 0. The van der Waals surface area contributed by atoms with Crippen molar-refractivity contribution in [2.75, 3.05) is 6.54 Å². The van der Waals surface area contributed by atoms with Crippen molar-refractivity contribution in [1.82, 2.24) is 9.88 Å². The highest BCUT2D eigenvalue weighted by molar-refractivity contribution is 7.19. The lowest BCUT2D eigenvalue weighted by Gasteiger charge is -2.26. The molecule has 0 spiro atoms. The molecule has 2 amide bonds. The van der Waals surface area contributed by atoms with Crippen molar-refractivity contribution in [2.24, 2.45) is 0 Å². The van der Waals surface area contributed by atoms with E-state index in [1.807, 2.05) is 54.6 Å². The topological polar surface area (TPSA) is 87.2 Å². The summed E-state index contributed by atoms with van der Waals surface area (Å²) in [6.45, 7) is 3.54. The van der Waals surface area contributed by atoms with E-state index >= 15 is 0 Å². The lowest BCUT2D eigenvalue weighted by atomic mass is 9.95. The molecule has 2 aromatic heterocycles. The molecule has 0 fully saturated rings. The fraction of sp³-hybridized carbons (Fsp3) is 0.111. The summed E-state index contributed by atoms with van der Waals surface area (Å²) in [5.41, 5.74) is 4.46. The first-order chi connectivity index (χ1) is 16.5. The van der Waals surface area contributed by atoms with Crippen LogP contribution in [0.2, 0.25) is 0 Å². The van der Waals surface area contributed by atoms with Gasteiger partial charge >= 0.3 is 0 Å². The van der Waals surface area contributed by atoms with Crippen molar-refractivity contribution in [3.8, 4) is 28.7 Å². The molecule has 0 unspecified atom stereocenters. The maximum Gasteiger partial charge on any atom is 0.271 e. The van der Waals surface area contributed by atoms with E-state index in [2.05, 4.69) is 17.1 Å². The summed E-state index contributed by atoms with van der Waals surface area (Å²) in [4.78, 5) is 32.4. The molecule has 0 aliphatic carbocycles. The SMILES string of the molecule is CCN1C(=O)C(C#N)=C(C)/C(=C/c2cc3oc(-c4ccc(-c5ccccc5)cc4)nc3s2)C1=O. The Morgan fingerprint density at radius 2 is 1.71 bits per heavy atom.